The molecule has 2 atom stereocenters. The van der Waals surface area contributed by atoms with Crippen LogP contribution in [0.3, 0.4) is 0 Å². The highest BCUT2D eigenvalue weighted by Crippen LogP contribution is 2.31. The van der Waals surface area contributed by atoms with E-state index >= 15 is 0 Å². The molecule has 1 aliphatic carbocycles. The number of aromatic nitrogens is 2. The van der Waals surface area contributed by atoms with Gasteiger partial charge in [0.2, 0.25) is 0 Å². The van der Waals surface area contributed by atoms with E-state index in [1.165, 1.54) is 32.1 Å². The van der Waals surface area contributed by atoms with Crippen molar-refractivity contribution in [2.24, 2.45) is 0 Å². The van der Waals surface area contributed by atoms with E-state index in [9.17, 15) is 0 Å². The molecular weight excluding hydrogens is 218 g/mol. The quantitative estimate of drug-likeness (QED) is 0.794. The summed E-state index contributed by atoms with van der Waals surface area (Å²) in [5.41, 5.74) is 0. The lowest BCUT2D eigenvalue weighted by Crippen LogP contribution is -2.37. The predicted molar refractivity (Wildman–Crippen MR) is 68.8 cm³/mol. The zero-order chi connectivity index (χ0) is 11.2. The van der Waals surface area contributed by atoms with E-state index in [0.717, 1.165) is 11.7 Å². The van der Waals surface area contributed by atoms with Crippen LogP contribution >= 0.6 is 11.8 Å². The smallest absolute Gasteiger partial charge is 0.165 e. The van der Waals surface area contributed by atoms with E-state index in [-0.39, 0.29) is 0 Å². The molecule has 0 aromatic carbocycles. The number of nitrogens with zero attached hydrogens (tertiary/aromatic N) is 1. The summed E-state index contributed by atoms with van der Waals surface area (Å²) in [5, 5.41) is 5.36. The molecular formula is C12H21N3S. The Morgan fingerprint density at radius 3 is 3.06 bits per heavy atom. The maximum absolute atomic E-state index is 4.32. The maximum atomic E-state index is 4.32. The largest absolute Gasteiger partial charge is 0.340 e. The van der Waals surface area contributed by atoms with E-state index in [4.69, 9.17) is 0 Å². The monoisotopic (exact) mass is 239 g/mol. The van der Waals surface area contributed by atoms with Gasteiger partial charge >= 0.3 is 0 Å². The minimum absolute atomic E-state index is 0.655. The second-order valence-electron chi connectivity index (χ2n) is 4.35. The van der Waals surface area contributed by atoms with Crippen LogP contribution < -0.4 is 5.32 Å². The molecule has 1 aromatic rings. The first-order valence-electron chi connectivity index (χ1n) is 6.29. The van der Waals surface area contributed by atoms with Crippen molar-refractivity contribution in [2.45, 2.75) is 55.5 Å². The fraction of sp³-hybridized carbons (Fsp3) is 0.750. The third-order valence-electron chi connectivity index (χ3n) is 3.16. The Balaban J connectivity index is 1.96. The molecule has 1 heterocycles. The lowest BCUT2D eigenvalue weighted by atomic mass is 10.1. The molecule has 1 fully saturated rings. The molecule has 2 unspecified atom stereocenters. The second kappa shape index (κ2) is 6.30. The van der Waals surface area contributed by atoms with E-state index in [1.54, 1.807) is 0 Å². The van der Waals surface area contributed by atoms with Crippen LogP contribution in [0.5, 0.6) is 0 Å². The molecule has 90 valence electrons. The van der Waals surface area contributed by atoms with Crippen LogP contribution in [0.4, 0.5) is 0 Å². The Labute approximate surface area is 102 Å². The van der Waals surface area contributed by atoms with Gasteiger partial charge in [0, 0.05) is 23.7 Å². The lowest BCUT2D eigenvalue weighted by molar-refractivity contribution is 0.482. The predicted octanol–water partition coefficient (Wildman–Crippen LogP) is 2.81. The summed E-state index contributed by atoms with van der Waals surface area (Å²) in [7, 11) is 0. The fourth-order valence-electron chi connectivity index (χ4n) is 2.37. The molecule has 0 amide bonds. The van der Waals surface area contributed by atoms with Crippen LogP contribution in [0, 0.1) is 0 Å². The number of thioether (sulfide) groups is 1. The van der Waals surface area contributed by atoms with Gasteiger partial charge < -0.3 is 10.3 Å². The van der Waals surface area contributed by atoms with Gasteiger partial charge in [0.15, 0.2) is 5.16 Å². The minimum atomic E-state index is 0.655. The highest BCUT2D eigenvalue weighted by Gasteiger charge is 2.24. The van der Waals surface area contributed by atoms with Crippen molar-refractivity contribution in [2.75, 3.05) is 6.54 Å². The summed E-state index contributed by atoms with van der Waals surface area (Å²) in [4.78, 5) is 7.51. The first-order chi connectivity index (χ1) is 7.90. The van der Waals surface area contributed by atoms with Crippen LogP contribution in [-0.4, -0.2) is 27.8 Å². The van der Waals surface area contributed by atoms with Crippen molar-refractivity contribution in [3.63, 3.8) is 0 Å². The molecule has 0 aliphatic heterocycles. The van der Waals surface area contributed by atoms with Crippen molar-refractivity contribution in [1.82, 2.24) is 15.3 Å². The number of imidazole rings is 1. The third kappa shape index (κ3) is 3.25. The van der Waals surface area contributed by atoms with E-state index < -0.39 is 0 Å². The molecule has 2 N–H and O–H groups in total. The first kappa shape index (κ1) is 12.0. The minimum Gasteiger partial charge on any atom is -0.340 e. The standard InChI is InChI=1S/C12H21N3S/c1-2-13-10-6-4-3-5-7-11(10)16-12-14-8-9-15-12/h8-11,13H,2-7H2,1H3,(H,14,15). The maximum Gasteiger partial charge on any atom is 0.165 e. The molecule has 4 heteroatoms. The Hall–Kier alpha value is -0.480. The number of aromatic amines is 1. The molecule has 1 aromatic heterocycles. The molecule has 0 radical (unpaired) electrons. The number of nitrogens with one attached hydrogen (secondary N) is 2. The highest BCUT2D eigenvalue weighted by atomic mass is 32.2. The average Bonchev–Trinajstić information content (AvgIpc) is 2.69. The molecule has 0 bridgehead atoms. The summed E-state index contributed by atoms with van der Waals surface area (Å²) >= 11 is 1.90. The molecule has 3 nitrogen and oxygen atoms in total. The summed E-state index contributed by atoms with van der Waals surface area (Å²) in [5.74, 6) is 0. The van der Waals surface area contributed by atoms with Crippen molar-refractivity contribution < 1.29 is 0 Å². The summed E-state index contributed by atoms with van der Waals surface area (Å²) in [6, 6.07) is 0.655. The van der Waals surface area contributed by atoms with Gasteiger partial charge in [-0.2, -0.15) is 0 Å². The van der Waals surface area contributed by atoms with Crippen LogP contribution in [-0.2, 0) is 0 Å². The summed E-state index contributed by atoms with van der Waals surface area (Å²) < 4.78 is 0. The van der Waals surface area contributed by atoms with Gasteiger partial charge in [0.1, 0.15) is 0 Å². The van der Waals surface area contributed by atoms with Crippen molar-refractivity contribution in [1.29, 1.82) is 0 Å². The van der Waals surface area contributed by atoms with E-state index in [2.05, 4.69) is 22.2 Å². The van der Waals surface area contributed by atoms with Crippen LogP contribution in [0.2, 0.25) is 0 Å². The zero-order valence-corrected chi connectivity index (χ0v) is 10.7. The number of rotatable bonds is 4. The Morgan fingerprint density at radius 1 is 1.44 bits per heavy atom. The topological polar surface area (TPSA) is 40.7 Å². The SMILES string of the molecule is CCNC1CCCCCC1Sc1ncc[nH]1. The van der Waals surface area contributed by atoms with E-state index in [1.807, 2.05) is 24.2 Å². The van der Waals surface area contributed by atoms with Gasteiger partial charge in [-0.25, -0.2) is 4.98 Å². The molecule has 1 saturated carbocycles. The van der Waals surface area contributed by atoms with Gasteiger partial charge in [0.25, 0.3) is 0 Å². The van der Waals surface area contributed by atoms with Crippen LogP contribution in [0.25, 0.3) is 0 Å². The highest BCUT2D eigenvalue weighted by molar-refractivity contribution is 7.99. The average molecular weight is 239 g/mol. The van der Waals surface area contributed by atoms with Gasteiger partial charge in [-0.15, -0.1) is 0 Å². The number of hydrogen-bond acceptors (Lipinski definition) is 3. The summed E-state index contributed by atoms with van der Waals surface area (Å²) in [6.45, 7) is 3.26. The number of H-pyrrole nitrogens is 1. The van der Waals surface area contributed by atoms with Gasteiger partial charge in [-0.3, -0.25) is 0 Å². The normalized spacial score (nSPS) is 26.6. The van der Waals surface area contributed by atoms with Crippen LogP contribution in [0.1, 0.15) is 39.0 Å². The van der Waals surface area contributed by atoms with E-state index in [0.29, 0.717) is 11.3 Å². The Bertz CT molecular complexity index is 286. The molecule has 0 spiro atoms. The number of hydrogen-bond donors (Lipinski definition) is 2. The molecule has 1 aliphatic rings. The lowest BCUT2D eigenvalue weighted by Gasteiger charge is -2.24. The first-order valence-corrected chi connectivity index (χ1v) is 7.17. The molecule has 16 heavy (non-hydrogen) atoms. The van der Waals surface area contributed by atoms with Gasteiger partial charge in [-0.05, 0) is 19.4 Å². The molecule has 2 rings (SSSR count). The molecule has 0 saturated heterocycles. The van der Waals surface area contributed by atoms with Crippen molar-refractivity contribution in [3.8, 4) is 0 Å². The van der Waals surface area contributed by atoms with Gasteiger partial charge in [-0.1, -0.05) is 37.9 Å². The van der Waals surface area contributed by atoms with Gasteiger partial charge in [0.05, 0.1) is 0 Å². The summed E-state index contributed by atoms with van der Waals surface area (Å²) in [6.07, 6.45) is 10.5. The third-order valence-corrected chi connectivity index (χ3v) is 4.47. The van der Waals surface area contributed by atoms with Crippen molar-refractivity contribution >= 4 is 11.8 Å². The van der Waals surface area contributed by atoms with Crippen LogP contribution in [0.15, 0.2) is 17.6 Å². The second-order valence-corrected chi connectivity index (χ2v) is 5.58. The Kier molecular flexibility index (Phi) is 4.72. The fourth-order valence-corrected chi connectivity index (χ4v) is 3.59. The Morgan fingerprint density at radius 2 is 2.31 bits per heavy atom. The van der Waals surface area contributed by atoms with Crippen molar-refractivity contribution in [3.05, 3.63) is 12.4 Å². The zero-order valence-electron chi connectivity index (χ0n) is 9.91.